The molecule has 1 aliphatic rings. The first-order valence-electron chi connectivity index (χ1n) is 11.7. The minimum atomic E-state index is -0.269. The first-order chi connectivity index (χ1) is 12.8. The third-order valence-corrected chi connectivity index (χ3v) is 6.64. The molecule has 1 N–H and O–H groups in total. The standard InChI is InChI=1S/C25H48NO/c1-6-8-9-10-11-12-13-14-15-18-21-26(4,5)22-24(27)23-19-16-17-20-25(23,3)7-2/h16-17,19-20,23-24,27H,6-15,18,21-22H2,1-5H3/q+1. The fraction of sp³-hybridized carbons (Fsp3) is 0.840. The highest BCUT2D eigenvalue weighted by atomic mass is 16.3. The van der Waals surface area contributed by atoms with Gasteiger partial charge in [-0.25, -0.2) is 0 Å². The number of aliphatic hydroxyl groups is 1. The summed E-state index contributed by atoms with van der Waals surface area (Å²) in [5, 5.41) is 10.9. The molecule has 0 aromatic rings. The molecule has 0 spiro atoms. The highest BCUT2D eigenvalue weighted by Gasteiger charge is 2.37. The summed E-state index contributed by atoms with van der Waals surface area (Å²) in [6.07, 6.45) is 23.4. The molecule has 0 saturated heterocycles. The highest BCUT2D eigenvalue weighted by molar-refractivity contribution is 5.20. The lowest BCUT2D eigenvalue weighted by Crippen LogP contribution is -2.50. The number of likely N-dealkylation sites (N-methyl/N-ethyl adjacent to an activating group) is 1. The van der Waals surface area contributed by atoms with Gasteiger partial charge in [0.25, 0.3) is 0 Å². The van der Waals surface area contributed by atoms with Crippen molar-refractivity contribution in [3.8, 4) is 0 Å². The molecule has 0 aromatic heterocycles. The Morgan fingerprint density at radius 2 is 1.44 bits per heavy atom. The van der Waals surface area contributed by atoms with E-state index >= 15 is 0 Å². The monoisotopic (exact) mass is 378 g/mol. The number of aliphatic hydroxyl groups excluding tert-OH is 1. The van der Waals surface area contributed by atoms with E-state index in [2.05, 4.69) is 59.2 Å². The summed E-state index contributed by atoms with van der Waals surface area (Å²) in [6.45, 7) is 8.80. The lowest BCUT2D eigenvalue weighted by molar-refractivity contribution is -0.894. The normalized spacial score (nSPS) is 23.7. The Morgan fingerprint density at radius 1 is 0.889 bits per heavy atom. The summed E-state index contributed by atoms with van der Waals surface area (Å²) in [6, 6.07) is 0. The molecular formula is C25H48NO+. The van der Waals surface area contributed by atoms with Crippen LogP contribution >= 0.6 is 0 Å². The van der Waals surface area contributed by atoms with E-state index in [9.17, 15) is 5.11 Å². The zero-order valence-corrected chi connectivity index (χ0v) is 19.1. The molecule has 0 aliphatic heterocycles. The third kappa shape index (κ3) is 9.43. The van der Waals surface area contributed by atoms with Crippen LogP contribution in [0.4, 0.5) is 0 Å². The van der Waals surface area contributed by atoms with Crippen molar-refractivity contribution in [1.29, 1.82) is 0 Å². The number of allylic oxidation sites excluding steroid dienone is 3. The molecule has 0 heterocycles. The van der Waals surface area contributed by atoms with Gasteiger partial charge in [0.2, 0.25) is 0 Å². The molecule has 3 unspecified atom stereocenters. The third-order valence-electron chi connectivity index (χ3n) is 6.64. The highest BCUT2D eigenvalue weighted by Crippen LogP contribution is 2.38. The second kappa shape index (κ2) is 12.8. The largest absolute Gasteiger partial charge is 0.387 e. The Morgan fingerprint density at radius 3 is 2.00 bits per heavy atom. The number of unbranched alkanes of at least 4 members (excludes halogenated alkanes) is 9. The van der Waals surface area contributed by atoms with E-state index in [0.717, 1.165) is 17.4 Å². The molecule has 2 heteroatoms. The fourth-order valence-electron chi connectivity index (χ4n) is 4.45. The smallest absolute Gasteiger partial charge is 0.110 e. The van der Waals surface area contributed by atoms with Crippen molar-refractivity contribution >= 4 is 0 Å². The molecule has 0 amide bonds. The van der Waals surface area contributed by atoms with Crippen LogP contribution in [0.5, 0.6) is 0 Å². The number of nitrogens with zero attached hydrogens (tertiary/aromatic N) is 1. The van der Waals surface area contributed by atoms with Gasteiger partial charge in [0.05, 0.1) is 20.6 Å². The van der Waals surface area contributed by atoms with Crippen LogP contribution < -0.4 is 0 Å². The maximum atomic E-state index is 10.9. The second-order valence-corrected chi connectivity index (χ2v) is 9.72. The van der Waals surface area contributed by atoms with Crippen molar-refractivity contribution < 1.29 is 9.59 Å². The fourth-order valence-corrected chi connectivity index (χ4v) is 4.45. The number of hydrogen-bond acceptors (Lipinski definition) is 1. The molecule has 1 aliphatic carbocycles. The van der Waals surface area contributed by atoms with Gasteiger partial charge in [0.15, 0.2) is 0 Å². The number of hydrogen-bond donors (Lipinski definition) is 1. The van der Waals surface area contributed by atoms with Crippen LogP contribution in [0.25, 0.3) is 0 Å². The molecule has 0 saturated carbocycles. The molecule has 0 bridgehead atoms. The van der Waals surface area contributed by atoms with Crippen LogP contribution in [-0.2, 0) is 0 Å². The Bertz CT molecular complexity index is 440. The average Bonchev–Trinajstić information content (AvgIpc) is 2.63. The minimum Gasteiger partial charge on any atom is -0.387 e. The summed E-state index contributed by atoms with van der Waals surface area (Å²) >= 11 is 0. The van der Waals surface area contributed by atoms with Crippen LogP contribution in [0.2, 0.25) is 0 Å². The lowest BCUT2D eigenvalue weighted by atomic mass is 9.70. The molecular weight excluding hydrogens is 330 g/mol. The predicted octanol–water partition coefficient (Wildman–Crippen LogP) is 6.50. The van der Waals surface area contributed by atoms with E-state index in [1.165, 1.54) is 70.8 Å². The summed E-state index contributed by atoms with van der Waals surface area (Å²) < 4.78 is 0.923. The maximum absolute atomic E-state index is 10.9. The molecule has 2 nitrogen and oxygen atoms in total. The van der Waals surface area contributed by atoms with Crippen molar-refractivity contribution in [1.82, 2.24) is 0 Å². The van der Waals surface area contributed by atoms with Crippen molar-refractivity contribution in [2.75, 3.05) is 27.2 Å². The van der Waals surface area contributed by atoms with Gasteiger partial charge in [0.1, 0.15) is 12.6 Å². The van der Waals surface area contributed by atoms with Crippen LogP contribution in [0.15, 0.2) is 24.3 Å². The average molecular weight is 379 g/mol. The second-order valence-electron chi connectivity index (χ2n) is 9.72. The van der Waals surface area contributed by atoms with Gasteiger partial charge in [-0.15, -0.1) is 0 Å². The van der Waals surface area contributed by atoms with Crippen LogP contribution in [0.3, 0.4) is 0 Å². The SMILES string of the molecule is CCCCCCCCCCCC[N+](C)(C)CC(O)C1C=CC=CC1(C)CC. The first kappa shape index (κ1) is 24.4. The summed E-state index contributed by atoms with van der Waals surface area (Å²) in [5.74, 6) is 0.234. The lowest BCUT2D eigenvalue weighted by Gasteiger charge is -2.40. The zero-order valence-electron chi connectivity index (χ0n) is 19.1. The Kier molecular flexibility index (Phi) is 11.6. The summed E-state index contributed by atoms with van der Waals surface area (Å²) in [4.78, 5) is 0. The molecule has 1 rings (SSSR count). The van der Waals surface area contributed by atoms with Crippen molar-refractivity contribution in [3.63, 3.8) is 0 Å². The van der Waals surface area contributed by atoms with E-state index in [1.807, 2.05) is 0 Å². The molecule has 0 fully saturated rings. The molecule has 158 valence electrons. The first-order valence-corrected chi connectivity index (χ1v) is 11.7. The van der Waals surface area contributed by atoms with Gasteiger partial charge in [-0.3, -0.25) is 0 Å². The van der Waals surface area contributed by atoms with Crippen LogP contribution in [-0.4, -0.2) is 42.9 Å². The number of quaternary nitrogens is 1. The van der Waals surface area contributed by atoms with Crippen molar-refractivity contribution in [3.05, 3.63) is 24.3 Å². The van der Waals surface area contributed by atoms with Gasteiger partial charge in [-0.05, 0) is 24.7 Å². The van der Waals surface area contributed by atoms with Crippen LogP contribution in [0.1, 0.15) is 91.4 Å². The van der Waals surface area contributed by atoms with E-state index < -0.39 is 0 Å². The zero-order chi connectivity index (χ0) is 20.2. The molecule has 27 heavy (non-hydrogen) atoms. The predicted molar refractivity (Wildman–Crippen MR) is 120 cm³/mol. The van der Waals surface area contributed by atoms with Gasteiger partial charge in [-0.2, -0.15) is 0 Å². The Labute approximate surface area is 170 Å². The Hall–Kier alpha value is -0.600. The topological polar surface area (TPSA) is 20.2 Å². The molecule has 0 aromatic carbocycles. The minimum absolute atomic E-state index is 0.0886. The van der Waals surface area contributed by atoms with Gasteiger partial charge in [0, 0.05) is 5.92 Å². The summed E-state index contributed by atoms with van der Waals surface area (Å²) in [7, 11) is 4.56. The van der Waals surface area contributed by atoms with Crippen LogP contribution in [0, 0.1) is 11.3 Å². The van der Waals surface area contributed by atoms with E-state index in [0.29, 0.717) is 0 Å². The summed E-state index contributed by atoms with van der Waals surface area (Å²) in [5.41, 5.74) is 0.0886. The maximum Gasteiger partial charge on any atom is 0.110 e. The van der Waals surface area contributed by atoms with Gasteiger partial charge >= 0.3 is 0 Å². The Balaban J connectivity index is 2.21. The van der Waals surface area contributed by atoms with E-state index in [-0.39, 0.29) is 17.4 Å². The molecule has 0 radical (unpaired) electrons. The van der Waals surface area contributed by atoms with E-state index in [4.69, 9.17) is 0 Å². The quantitative estimate of drug-likeness (QED) is 0.254. The van der Waals surface area contributed by atoms with Crippen molar-refractivity contribution in [2.45, 2.75) is 97.5 Å². The van der Waals surface area contributed by atoms with Crippen molar-refractivity contribution in [2.24, 2.45) is 11.3 Å². The number of rotatable bonds is 15. The van der Waals surface area contributed by atoms with E-state index in [1.54, 1.807) is 0 Å². The molecule has 3 atom stereocenters. The van der Waals surface area contributed by atoms with Gasteiger partial charge < -0.3 is 9.59 Å². The van der Waals surface area contributed by atoms with Gasteiger partial charge in [-0.1, -0.05) is 96.4 Å².